The first kappa shape index (κ1) is 16.2. The lowest BCUT2D eigenvalue weighted by atomic mass is 9.98. The van der Waals surface area contributed by atoms with Crippen LogP contribution in [0, 0.1) is 6.92 Å². The van der Waals surface area contributed by atoms with Crippen LogP contribution >= 0.6 is 11.6 Å². The first-order chi connectivity index (χ1) is 8.85. The molecule has 0 saturated heterocycles. The summed E-state index contributed by atoms with van der Waals surface area (Å²) in [4.78, 5) is 0. The normalized spacial score (nSPS) is 11.6. The maximum atomic E-state index is 13.3. The minimum absolute atomic E-state index is 0.0319. The summed E-state index contributed by atoms with van der Waals surface area (Å²) in [5.74, 6) is -2.54. The topological polar surface area (TPSA) is 0 Å². The second kappa shape index (κ2) is 7.04. The summed E-state index contributed by atoms with van der Waals surface area (Å²) in [6, 6.07) is 5.71. The zero-order valence-electron chi connectivity index (χ0n) is 11.6. The van der Waals surface area contributed by atoms with Gasteiger partial charge in [0.05, 0.1) is 0 Å². The van der Waals surface area contributed by atoms with Gasteiger partial charge in [0.2, 0.25) is 5.92 Å². The number of allylic oxidation sites excluding steroid dienone is 1. The smallest absolute Gasteiger partial charge is 0.207 e. The molecular weight excluding hydrogens is 266 g/mol. The molecule has 0 bridgehead atoms. The molecule has 0 spiro atoms. The van der Waals surface area contributed by atoms with Crippen LogP contribution in [0.4, 0.5) is 8.78 Å². The summed E-state index contributed by atoms with van der Waals surface area (Å²) >= 11 is 6.04. The van der Waals surface area contributed by atoms with Crippen molar-refractivity contribution < 1.29 is 8.78 Å². The van der Waals surface area contributed by atoms with Crippen LogP contribution in [0.3, 0.4) is 0 Å². The van der Waals surface area contributed by atoms with Gasteiger partial charge in [-0.05, 0) is 42.5 Å². The Morgan fingerprint density at radius 2 is 2.00 bits per heavy atom. The van der Waals surface area contributed by atoms with Crippen LogP contribution in [0.5, 0.6) is 0 Å². The Morgan fingerprint density at radius 1 is 1.32 bits per heavy atom. The molecule has 0 aliphatic heterocycles. The van der Waals surface area contributed by atoms with Crippen molar-refractivity contribution in [3.8, 4) is 0 Å². The second-order valence-corrected chi connectivity index (χ2v) is 5.43. The van der Waals surface area contributed by atoms with E-state index in [2.05, 4.69) is 6.58 Å². The molecule has 0 unspecified atom stereocenters. The minimum atomic E-state index is -2.54. The van der Waals surface area contributed by atoms with Crippen LogP contribution in [0.2, 0.25) is 5.02 Å². The van der Waals surface area contributed by atoms with Gasteiger partial charge in [-0.3, -0.25) is 0 Å². The van der Waals surface area contributed by atoms with Crippen LogP contribution in [0.15, 0.2) is 24.8 Å². The second-order valence-electron chi connectivity index (χ2n) is 5.03. The molecular formula is C16H21ClF2. The van der Waals surface area contributed by atoms with Gasteiger partial charge in [-0.15, -0.1) is 0 Å². The van der Waals surface area contributed by atoms with E-state index in [1.165, 1.54) is 0 Å². The Hall–Kier alpha value is -0.890. The highest BCUT2D eigenvalue weighted by Crippen LogP contribution is 2.29. The SMILES string of the molecule is C=C(CCCC(F)(F)CCC)c1ccc(C)c(Cl)c1. The molecule has 19 heavy (non-hydrogen) atoms. The maximum absolute atomic E-state index is 13.3. The van der Waals surface area contributed by atoms with Crippen molar-refractivity contribution >= 4 is 17.2 Å². The number of aryl methyl sites for hydroxylation is 1. The highest BCUT2D eigenvalue weighted by atomic mass is 35.5. The fraction of sp³-hybridized carbons (Fsp3) is 0.500. The predicted octanol–water partition coefficient (Wildman–Crippen LogP) is 6.27. The van der Waals surface area contributed by atoms with Crippen molar-refractivity contribution in [2.75, 3.05) is 0 Å². The third-order valence-electron chi connectivity index (χ3n) is 3.22. The van der Waals surface area contributed by atoms with Crippen molar-refractivity contribution in [2.24, 2.45) is 0 Å². The van der Waals surface area contributed by atoms with Crippen LogP contribution in [-0.2, 0) is 0 Å². The molecule has 3 heteroatoms. The number of rotatable bonds is 7. The van der Waals surface area contributed by atoms with E-state index in [1.807, 2.05) is 25.1 Å². The van der Waals surface area contributed by atoms with Crippen molar-refractivity contribution in [3.63, 3.8) is 0 Å². The van der Waals surface area contributed by atoms with Crippen molar-refractivity contribution in [3.05, 3.63) is 40.9 Å². The fourth-order valence-electron chi connectivity index (χ4n) is 2.01. The number of hydrogen-bond acceptors (Lipinski definition) is 0. The molecule has 0 amide bonds. The molecule has 0 aliphatic rings. The third kappa shape index (κ3) is 5.32. The zero-order valence-corrected chi connectivity index (χ0v) is 12.4. The molecule has 0 N–H and O–H groups in total. The highest BCUT2D eigenvalue weighted by Gasteiger charge is 2.26. The van der Waals surface area contributed by atoms with Gasteiger partial charge < -0.3 is 0 Å². The van der Waals surface area contributed by atoms with Crippen LogP contribution < -0.4 is 0 Å². The number of hydrogen-bond donors (Lipinski definition) is 0. The molecule has 0 saturated carbocycles. The number of halogens is 3. The van der Waals surface area contributed by atoms with Crippen LogP contribution in [-0.4, -0.2) is 5.92 Å². The maximum Gasteiger partial charge on any atom is 0.248 e. The Morgan fingerprint density at radius 3 is 2.58 bits per heavy atom. The van der Waals surface area contributed by atoms with E-state index in [1.54, 1.807) is 6.92 Å². The van der Waals surface area contributed by atoms with Gasteiger partial charge in [-0.1, -0.05) is 43.7 Å². The average molecular weight is 287 g/mol. The van der Waals surface area contributed by atoms with Gasteiger partial charge in [0.25, 0.3) is 0 Å². The van der Waals surface area contributed by atoms with Gasteiger partial charge in [0.15, 0.2) is 0 Å². The van der Waals surface area contributed by atoms with Crippen molar-refractivity contribution in [1.29, 1.82) is 0 Å². The summed E-state index contributed by atoms with van der Waals surface area (Å²) in [5, 5.41) is 0.690. The molecule has 1 aromatic carbocycles. The van der Waals surface area contributed by atoms with Gasteiger partial charge in [-0.2, -0.15) is 0 Å². The van der Waals surface area contributed by atoms with E-state index in [9.17, 15) is 8.78 Å². The van der Waals surface area contributed by atoms with E-state index in [-0.39, 0.29) is 12.8 Å². The van der Waals surface area contributed by atoms with Gasteiger partial charge in [-0.25, -0.2) is 8.78 Å². The molecule has 0 nitrogen and oxygen atoms in total. The van der Waals surface area contributed by atoms with E-state index in [4.69, 9.17) is 11.6 Å². The minimum Gasteiger partial charge on any atom is -0.207 e. The molecule has 0 atom stereocenters. The summed E-state index contributed by atoms with van der Waals surface area (Å²) in [6.07, 6.45) is 1.45. The van der Waals surface area contributed by atoms with Gasteiger partial charge in [0.1, 0.15) is 0 Å². The van der Waals surface area contributed by atoms with E-state index < -0.39 is 5.92 Å². The number of benzene rings is 1. The first-order valence-corrected chi connectivity index (χ1v) is 7.05. The first-order valence-electron chi connectivity index (χ1n) is 6.68. The molecule has 1 aromatic rings. The van der Waals surface area contributed by atoms with Crippen molar-refractivity contribution in [1.82, 2.24) is 0 Å². The standard InChI is InChI=1S/C16H21ClF2/c1-4-9-16(18,19)10-5-6-12(2)14-8-7-13(3)15(17)11-14/h7-8,11H,2,4-6,9-10H2,1,3H3. The Labute approximate surface area is 119 Å². The van der Waals surface area contributed by atoms with Crippen molar-refractivity contribution in [2.45, 2.75) is 51.9 Å². The fourth-order valence-corrected chi connectivity index (χ4v) is 2.19. The molecule has 106 valence electrons. The molecule has 0 radical (unpaired) electrons. The zero-order chi connectivity index (χ0) is 14.5. The molecule has 0 fully saturated rings. The lowest BCUT2D eigenvalue weighted by molar-refractivity contribution is -0.0180. The molecule has 1 rings (SSSR count). The predicted molar refractivity (Wildman–Crippen MR) is 78.9 cm³/mol. The summed E-state index contributed by atoms with van der Waals surface area (Å²) < 4.78 is 26.7. The van der Waals surface area contributed by atoms with E-state index in [0.29, 0.717) is 24.3 Å². The Balaban J connectivity index is 2.49. The lowest BCUT2D eigenvalue weighted by Gasteiger charge is -2.15. The van der Waals surface area contributed by atoms with Gasteiger partial charge in [0, 0.05) is 17.9 Å². The lowest BCUT2D eigenvalue weighted by Crippen LogP contribution is -2.14. The van der Waals surface area contributed by atoms with Crippen LogP contribution in [0.25, 0.3) is 5.57 Å². The quantitative estimate of drug-likeness (QED) is 0.554. The number of alkyl halides is 2. The van der Waals surface area contributed by atoms with E-state index >= 15 is 0 Å². The van der Waals surface area contributed by atoms with Crippen LogP contribution in [0.1, 0.15) is 50.2 Å². The van der Waals surface area contributed by atoms with E-state index in [0.717, 1.165) is 16.7 Å². The molecule has 0 aliphatic carbocycles. The Bertz CT molecular complexity index is 438. The summed E-state index contributed by atoms with van der Waals surface area (Å²) in [7, 11) is 0. The molecule has 0 heterocycles. The van der Waals surface area contributed by atoms with Gasteiger partial charge >= 0.3 is 0 Å². The monoisotopic (exact) mass is 286 g/mol. The summed E-state index contributed by atoms with van der Waals surface area (Å²) in [6.45, 7) is 7.67. The largest absolute Gasteiger partial charge is 0.248 e. The average Bonchev–Trinajstić information content (AvgIpc) is 2.32. The highest BCUT2D eigenvalue weighted by molar-refractivity contribution is 6.31. The Kier molecular flexibility index (Phi) is 5.99. The third-order valence-corrected chi connectivity index (χ3v) is 3.62. The molecule has 0 aromatic heterocycles. The summed E-state index contributed by atoms with van der Waals surface area (Å²) in [5.41, 5.74) is 2.82.